The van der Waals surface area contributed by atoms with Gasteiger partial charge >= 0.3 is 0 Å². The molecule has 0 radical (unpaired) electrons. The molecule has 1 aromatic rings. The van der Waals surface area contributed by atoms with Gasteiger partial charge in [-0.3, -0.25) is 0 Å². The van der Waals surface area contributed by atoms with Gasteiger partial charge in [-0.15, -0.1) is 0 Å². The third kappa shape index (κ3) is 3.30. The van der Waals surface area contributed by atoms with Crippen molar-refractivity contribution in [1.82, 2.24) is 0 Å². The monoisotopic (exact) mass is 254 g/mol. The van der Waals surface area contributed by atoms with E-state index < -0.39 is 9.84 Å². The highest BCUT2D eigenvalue weighted by molar-refractivity contribution is 7.91. The van der Waals surface area contributed by atoms with Crippen molar-refractivity contribution in [2.24, 2.45) is 0 Å². The second-order valence-electron chi connectivity index (χ2n) is 4.60. The predicted octanol–water partition coefficient (Wildman–Crippen LogP) is 2.09. The Morgan fingerprint density at radius 2 is 1.76 bits per heavy atom. The minimum absolute atomic E-state index is 0.151. The van der Waals surface area contributed by atoms with Gasteiger partial charge in [-0.05, 0) is 25.3 Å². The summed E-state index contributed by atoms with van der Waals surface area (Å²) < 4.78 is 29.6. The fourth-order valence-electron chi connectivity index (χ4n) is 2.07. The third-order valence-corrected chi connectivity index (χ3v) is 5.39. The molecule has 0 atom stereocenters. The second kappa shape index (κ2) is 5.19. The van der Waals surface area contributed by atoms with E-state index in [9.17, 15) is 8.42 Å². The molecule has 1 aliphatic rings. The molecule has 17 heavy (non-hydrogen) atoms. The summed E-state index contributed by atoms with van der Waals surface area (Å²) in [6.07, 6.45) is 1.27. The molecule has 2 rings (SSSR count). The summed E-state index contributed by atoms with van der Waals surface area (Å²) in [6, 6.07) is 7.70. The van der Waals surface area contributed by atoms with Crippen LogP contribution in [0.15, 0.2) is 24.3 Å². The first-order valence-corrected chi connectivity index (χ1v) is 7.64. The molecular weight excluding hydrogens is 236 g/mol. The second-order valence-corrected chi connectivity index (χ2v) is 6.89. The first-order chi connectivity index (χ1) is 8.08. The van der Waals surface area contributed by atoms with Gasteiger partial charge in [0, 0.05) is 13.2 Å². The maximum absolute atomic E-state index is 12.2. The minimum atomic E-state index is -3.03. The van der Waals surface area contributed by atoms with Gasteiger partial charge in [0.1, 0.15) is 0 Å². The van der Waals surface area contributed by atoms with E-state index >= 15 is 0 Å². The average molecular weight is 254 g/mol. The van der Waals surface area contributed by atoms with Gasteiger partial charge < -0.3 is 4.74 Å². The smallest absolute Gasteiger partial charge is 0.157 e. The summed E-state index contributed by atoms with van der Waals surface area (Å²) in [4.78, 5) is 0. The molecule has 0 aliphatic carbocycles. The van der Waals surface area contributed by atoms with Gasteiger partial charge in [-0.2, -0.15) is 0 Å². The molecule has 1 fully saturated rings. The summed E-state index contributed by atoms with van der Waals surface area (Å²) in [5.41, 5.74) is 2.03. The van der Waals surface area contributed by atoms with Crippen LogP contribution < -0.4 is 0 Å². The summed E-state index contributed by atoms with van der Waals surface area (Å²) in [5.74, 6) is 0.151. The summed E-state index contributed by atoms with van der Waals surface area (Å²) >= 11 is 0. The van der Waals surface area contributed by atoms with E-state index in [0.29, 0.717) is 26.1 Å². The van der Waals surface area contributed by atoms with Crippen molar-refractivity contribution in [1.29, 1.82) is 0 Å². The van der Waals surface area contributed by atoms with Crippen LogP contribution in [0.1, 0.15) is 24.0 Å². The summed E-state index contributed by atoms with van der Waals surface area (Å²) in [6.45, 7) is 3.13. The van der Waals surface area contributed by atoms with Crippen molar-refractivity contribution < 1.29 is 13.2 Å². The molecule has 3 nitrogen and oxygen atoms in total. The van der Waals surface area contributed by atoms with E-state index in [1.807, 2.05) is 31.2 Å². The van der Waals surface area contributed by atoms with Crippen LogP contribution in [0.5, 0.6) is 0 Å². The molecule has 1 saturated heterocycles. The molecule has 0 aromatic heterocycles. The van der Waals surface area contributed by atoms with Crippen molar-refractivity contribution in [3.05, 3.63) is 35.4 Å². The van der Waals surface area contributed by atoms with E-state index in [2.05, 4.69) is 0 Å². The number of hydrogen-bond acceptors (Lipinski definition) is 3. The zero-order valence-electron chi connectivity index (χ0n) is 10.1. The molecule has 1 aliphatic heterocycles. The van der Waals surface area contributed by atoms with E-state index in [1.165, 1.54) is 0 Å². The highest BCUT2D eigenvalue weighted by Gasteiger charge is 2.27. The highest BCUT2D eigenvalue weighted by atomic mass is 32.2. The number of aryl methyl sites for hydroxylation is 1. The Morgan fingerprint density at radius 1 is 1.18 bits per heavy atom. The Balaban J connectivity index is 2.08. The number of ether oxygens (including phenoxy) is 1. The minimum Gasteiger partial charge on any atom is -0.381 e. The fraction of sp³-hybridized carbons (Fsp3) is 0.538. The molecule has 0 bridgehead atoms. The van der Waals surface area contributed by atoms with Crippen LogP contribution in [0.4, 0.5) is 0 Å². The molecule has 1 heterocycles. The molecule has 0 spiro atoms. The average Bonchev–Trinajstić information content (AvgIpc) is 2.33. The molecule has 0 unspecified atom stereocenters. The molecule has 0 saturated carbocycles. The van der Waals surface area contributed by atoms with Crippen molar-refractivity contribution in [2.75, 3.05) is 13.2 Å². The van der Waals surface area contributed by atoms with E-state index in [0.717, 1.165) is 11.1 Å². The summed E-state index contributed by atoms with van der Waals surface area (Å²) in [5, 5.41) is -0.224. The van der Waals surface area contributed by atoms with Crippen LogP contribution in [-0.4, -0.2) is 26.9 Å². The van der Waals surface area contributed by atoms with Crippen molar-refractivity contribution >= 4 is 9.84 Å². The lowest BCUT2D eigenvalue weighted by atomic mass is 10.2. The summed E-state index contributed by atoms with van der Waals surface area (Å²) in [7, 11) is -3.03. The van der Waals surface area contributed by atoms with E-state index in [4.69, 9.17) is 4.74 Å². The van der Waals surface area contributed by atoms with Crippen LogP contribution in [0.2, 0.25) is 0 Å². The standard InChI is InChI=1S/C13H18O3S/c1-11-2-4-12(5-3-11)10-17(14,15)13-6-8-16-9-7-13/h2-5,13H,6-10H2,1H3. The third-order valence-electron chi connectivity index (χ3n) is 3.16. The Kier molecular flexibility index (Phi) is 3.84. The first kappa shape index (κ1) is 12.6. The number of benzene rings is 1. The predicted molar refractivity (Wildman–Crippen MR) is 67.6 cm³/mol. The van der Waals surface area contributed by atoms with E-state index in [1.54, 1.807) is 0 Å². The Bertz CT molecular complexity index is 456. The fourth-order valence-corrected chi connectivity index (χ4v) is 3.87. The van der Waals surface area contributed by atoms with Gasteiger partial charge in [0.2, 0.25) is 0 Å². The normalized spacial score (nSPS) is 18.2. The molecular formula is C13H18O3S. The number of hydrogen-bond donors (Lipinski definition) is 0. The molecule has 94 valence electrons. The van der Waals surface area contributed by atoms with Crippen LogP contribution >= 0.6 is 0 Å². The van der Waals surface area contributed by atoms with Gasteiger partial charge in [0.05, 0.1) is 11.0 Å². The Labute approximate surface area is 103 Å². The van der Waals surface area contributed by atoms with Crippen LogP contribution in [0, 0.1) is 6.92 Å². The van der Waals surface area contributed by atoms with Crippen LogP contribution in [0.25, 0.3) is 0 Å². The zero-order chi connectivity index (χ0) is 12.3. The molecule has 1 aromatic carbocycles. The van der Waals surface area contributed by atoms with E-state index in [-0.39, 0.29) is 11.0 Å². The van der Waals surface area contributed by atoms with Crippen LogP contribution in [0.3, 0.4) is 0 Å². The van der Waals surface area contributed by atoms with Crippen molar-refractivity contribution in [2.45, 2.75) is 30.8 Å². The lowest BCUT2D eigenvalue weighted by Gasteiger charge is -2.22. The van der Waals surface area contributed by atoms with Crippen molar-refractivity contribution in [3.8, 4) is 0 Å². The van der Waals surface area contributed by atoms with Gasteiger partial charge in [-0.25, -0.2) is 8.42 Å². The van der Waals surface area contributed by atoms with Gasteiger partial charge in [0.25, 0.3) is 0 Å². The van der Waals surface area contributed by atoms with Crippen LogP contribution in [-0.2, 0) is 20.3 Å². The molecule has 0 N–H and O–H groups in total. The molecule has 4 heteroatoms. The lowest BCUT2D eigenvalue weighted by Crippen LogP contribution is -2.29. The topological polar surface area (TPSA) is 43.4 Å². The quantitative estimate of drug-likeness (QED) is 0.829. The van der Waals surface area contributed by atoms with Gasteiger partial charge in [-0.1, -0.05) is 29.8 Å². The maximum atomic E-state index is 12.2. The number of rotatable bonds is 3. The SMILES string of the molecule is Cc1ccc(CS(=O)(=O)C2CCOCC2)cc1. The first-order valence-electron chi connectivity index (χ1n) is 5.93. The highest BCUT2D eigenvalue weighted by Crippen LogP contribution is 2.20. The largest absolute Gasteiger partial charge is 0.381 e. The van der Waals surface area contributed by atoms with Gasteiger partial charge in [0.15, 0.2) is 9.84 Å². The maximum Gasteiger partial charge on any atom is 0.157 e. The lowest BCUT2D eigenvalue weighted by molar-refractivity contribution is 0.0983. The van der Waals surface area contributed by atoms with Crippen molar-refractivity contribution in [3.63, 3.8) is 0 Å². The molecule has 0 amide bonds. The Morgan fingerprint density at radius 3 is 2.35 bits per heavy atom. The zero-order valence-corrected chi connectivity index (χ0v) is 10.9. The number of sulfone groups is 1. The Hall–Kier alpha value is -0.870.